The van der Waals surface area contributed by atoms with Gasteiger partial charge in [0.25, 0.3) is 0 Å². The lowest BCUT2D eigenvalue weighted by atomic mass is 10.1. The van der Waals surface area contributed by atoms with E-state index < -0.39 is 6.10 Å². The molecule has 1 N–H and O–H groups in total. The second-order valence-corrected chi connectivity index (χ2v) is 6.06. The topological polar surface area (TPSA) is 29.5 Å². The van der Waals surface area contributed by atoms with Gasteiger partial charge in [-0.1, -0.05) is 31.0 Å². The van der Waals surface area contributed by atoms with E-state index in [1.807, 2.05) is 43.0 Å². The molecule has 1 aromatic rings. The van der Waals surface area contributed by atoms with Gasteiger partial charge in [0.15, 0.2) is 0 Å². The molecule has 0 spiro atoms. The van der Waals surface area contributed by atoms with Crippen LogP contribution in [0.3, 0.4) is 0 Å². The summed E-state index contributed by atoms with van der Waals surface area (Å²) in [5.74, 6) is 1.59. The van der Waals surface area contributed by atoms with Gasteiger partial charge < -0.3 is 9.84 Å². The van der Waals surface area contributed by atoms with Crippen molar-refractivity contribution in [1.82, 2.24) is 0 Å². The van der Waals surface area contributed by atoms with Crippen LogP contribution in [0.1, 0.15) is 44.3 Å². The minimum atomic E-state index is -0.418. The minimum Gasteiger partial charge on any atom is -0.493 e. The molecular formula is C15H22O2S. The highest BCUT2D eigenvalue weighted by Crippen LogP contribution is 2.34. The molecule has 1 saturated carbocycles. The zero-order valence-corrected chi connectivity index (χ0v) is 11.8. The molecule has 1 fully saturated rings. The first-order valence-corrected chi connectivity index (χ1v) is 7.87. The van der Waals surface area contributed by atoms with E-state index in [2.05, 4.69) is 0 Å². The third kappa shape index (κ3) is 3.66. The van der Waals surface area contributed by atoms with E-state index in [4.69, 9.17) is 4.74 Å². The highest BCUT2D eigenvalue weighted by atomic mass is 32.2. The highest BCUT2D eigenvalue weighted by molar-refractivity contribution is 7.99. The van der Waals surface area contributed by atoms with E-state index in [0.29, 0.717) is 6.61 Å². The third-order valence-corrected chi connectivity index (χ3v) is 4.82. The number of thioether (sulfide) groups is 1. The van der Waals surface area contributed by atoms with Crippen LogP contribution in [0.25, 0.3) is 0 Å². The summed E-state index contributed by atoms with van der Waals surface area (Å²) in [6.45, 7) is 2.61. The van der Waals surface area contributed by atoms with Crippen LogP contribution in [-0.4, -0.2) is 22.7 Å². The number of para-hydroxylation sites is 1. The standard InChI is InChI=1S/C15H22O2S/c1-2-17-15-10-6-5-9-13(15)14(16)11-18-12-7-3-4-8-12/h5-6,9-10,12,14,16H,2-4,7-8,11H2,1H3. The van der Waals surface area contributed by atoms with Crippen LogP contribution in [0, 0.1) is 0 Å². The van der Waals surface area contributed by atoms with Crippen LogP contribution in [0.15, 0.2) is 24.3 Å². The number of aliphatic hydroxyl groups excluding tert-OH is 1. The number of hydrogen-bond acceptors (Lipinski definition) is 3. The van der Waals surface area contributed by atoms with Crippen LogP contribution in [0.5, 0.6) is 5.75 Å². The lowest BCUT2D eigenvalue weighted by Gasteiger charge is -2.17. The molecule has 0 bridgehead atoms. The normalized spacial score (nSPS) is 17.9. The molecule has 1 atom stereocenters. The second kappa shape index (κ2) is 7.05. The van der Waals surface area contributed by atoms with Crippen molar-refractivity contribution in [2.45, 2.75) is 44.0 Å². The van der Waals surface area contributed by atoms with Crippen molar-refractivity contribution in [2.75, 3.05) is 12.4 Å². The average molecular weight is 266 g/mol. The van der Waals surface area contributed by atoms with Crippen LogP contribution in [0.4, 0.5) is 0 Å². The van der Waals surface area contributed by atoms with E-state index >= 15 is 0 Å². The van der Waals surface area contributed by atoms with Crippen LogP contribution < -0.4 is 4.74 Å². The summed E-state index contributed by atoms with van der Waals surface area (Å²) in [5, 5.41) is 11.0. The summed E-state index contributed by atoms with van der Waals surface area (Å²) in [6.07, 6.45) is 4.90. The summed E-state index contributed by atoms with van der Waals surface area (Å²) >= 11 is 1.91. The van der Waals surface area contributed by atoms with Crippen molar-refractivity contribution in [1.29, 1.82) is 0 Å². The summed E-state index contributed by atoms with van der Waals surface area (Å²) in [6, 6.07) is 7.81. The third-order valence-electron chi connectivity index (χ3n) is 3.37. The highest BCUT2D eigenvalue weighted by Gasteiger charge is 2.19. The predicted molar refractivity (Wildman–Crippen MR) is 77.3 cm³/mol. The maximum atomic E-state index is 10.3. The first-order chi connectivity index (χ1) is 8.81. The Kier molecular flexibility index (Phi) is 5.39. The number of hydrogen-bond donors (Lipinski definition) is 1. The van der Waals surface area contributed by atoms with Gasteiger partial charge in [0, 0.05) is 16.6 Å². The molecule has 1 aliphatic carbocycles. The van der Waals surface area contributed by atoms with E-state index in [1.165, 1.54) is 25.7 Å². The Morgan fingerprint density at radius 2 is 2.06 bits per heavy atom. The molecular weight excluding hydrogens is 244 g/mol. The van der Waals surface area contributed by atoms with E-state index in [0.717, 1.165) is 22.3 Å². The molecule has 0 heterocycles. The molecule has 0 saturated heterocycles. The predicted octanol–water partition coefficient (Wildman–Crippen LogP) is 3.79. The van der Waals surface area contributed by atoms with E-state index in [9.17, 15) is 5.11 Å². The van der Waals surface area contributed by atoms with Crippen molar-refractivity contribution in [3.63, 3.8) is 0 Å². The molecule has 0 aromatic heterocycles. The smallest absolute Gasteiger partial charge is 0.125 e. The minimum absolute atomic E-state index is 0.418. The fraction of sp³-hybridized carbons (Fsp3) is 0.600. The van der Waals surface area contributed by atoms with Gasteiger partial charge in [-0.2, -0.15) is 11.8 Å². The van der Waals surface area contributed by atoms with Crippen molar-refractivity contribution in [2.24, 2.45) is 0 Å². The zero-order valence-electron chi connectivity index (χ0n) is 11.0. The Morgan fingerprint density at radius 1 is 1.33 bits per heavy atom. The molecule has 2 nitrogen and oxygen atoms in total. The number of benzene rings is 1. The van der Waals surface area contributed by atoms with Crippen LogP contribution in [0.2, 0.25) is 0 Å². The molecule has 1 unspecified atom stereocenters. The largest absolute Gasteiger partial charge is 0.493 e. The van der Waals surface area contributed by atoms with Crippen molar-refractivity contribution in [3.8, 4) is 5.75 Å². The average Bonchev–Trinajstić information content (AvgIpc) is 2.90. The SMILES string of the molecule is CCOc1ccccc1C(O)CSC1CCCC1. The zero-order chi connectivity index (χ0) is 12.8. The molecule has 100 valence electrons. The van der Waals surface area contributed by atoms with Gasteiger partial charge in [-0.05, 0) is 25.8 Å². The monoisotopic (exact) mass is 266 g/mol. The van der Waals surface area contributed by atoms with Crippen molar-refractivity contribution in [3.05, 3.63) is 29.8 Å². The van der Waals surface area contributed by atoms with Gasteiger partial charge in [-0.25, -0.2) is 0 Å². The number of ether oxygens (including phenoxy) is 1. The Labute approximate surface area is 114 Å². The molecule has 0 amide bonds. The number of aliphatic hydroxyl groups is 1. The van der Waals surface area contributed by atoms with Gasteiger partial charge in [0.2, 0.25) is 0 Å². The van der Waals surface area contributed by atoms with Crippen LogP contribution in [-0.2, 0) is 0 Å². The van der Waals surface area contributed by atoms with Gasteiger partial charge in [0.05, 0.1) is 12.7 Å². The first kappa shape index (κ1) is 13.8. The summed E-state index contributed by atoms with van der Waals surface area (Å²) < 4.78 is 5.56. The second-order valence-electron chi connectivity index (χ2n) is 4.73. The van der Waals surface area contributed by atoms with Gasteiger partial charge in [-0.3, -0.25) is 0 Å². The maximum Gasteiger partial charge on any atom is 0.125 e. The Bertz CT molecular complexity index is 361. The van der Waals surface area contributed by atoms with Gasteiger partial charge in [0.1, 0.15) is 5.75 Å². The van der Waals surface area contributed by atoms with Gasteiger partial charge in [-0.15, -0.1) is 0 Å². The summed E-state index contributed by atoms with van der Waals surface area (Å²) in [5.41, 5.74) is 0.921. The molecule has 1 aliphatic rings. The molecule has 1 aromatic carbocycles. The molecule has 0 aliphatic heterocycles. The fourth-order valence-corrected chi connectivity index (χ4v) is 3.72. The summed E-state index contributed by atoms with van der Waals surface area (Å²) in [4.78, 5) is 0. The first-order valence-electron chi connectivity index (χ1n) is 6.82. The maximum absolute atomic E-state index is 10.3. The quantitative estimate of drug-likeness (QED) is 0.849. The van der Waals surface area contributed by atoms with E-state index in [-0.39, 0.29) is 0 Å². The van der Waals surface area contributed by atoms with Gasteiger partial charge >= 0.3 is 0 Å². The Hall–Kier alpha value is -0.670. The molecule has 3 heteroatoms. The van der Waals surface area contributed by atoms with Crippen molar-refractivity contribution >= 4 is 11.8 Å². The lowest BCUT2D eigenvalue weighted by Crippen LogP contribution is -2.07. The lowest BCUT2D eigenvalue weighted by molar-refractivity contribution is 0.196. The summed E-state index contributed by atoms with van der Waals surface area (Å²) in [7, 11) is 0. The Morgan fingerprint density at radius 3 is 2.78 bits per heavy atom. The Balaban J connectivity index is 1.92. The van der Waals surface area contributed by atoms with Crippen molar-refractivity contribution < 1.29 is 9.84 Å². The molecule has 2 rings (SSSR count). The van der Waals surface area contributed by atoms with E-state index in [1.54, 1.807) is 0 Å². The fourth-order valence-electron chi connectivity index (χ4n) is 2.41. The molecule has 18 heavy (non-hydrogen) atoms. The number of rotatable bonds is 6. The van der Waals surface area contributed by atoms with Crippen LogP contribution >= 0.6 is 11.8 Å². The molecule has 0 radical (unpaired) electrons.